The first-order valence-electron chi connectivity index (χ1n) is 11.8. The molecule has 0 aliphatic heterocycles. The zero-order valence-electron chi connectivity index (χ0n) is 20.7. The maximum Gasteiger partial charge on any atom is 0.282 e. The summed E-state index contributed by atoms with van der Waals surface area (Å²) in [6.07, 6.45) is 3.46. The molecule has 0 bridgehead atoms. The number of benzene rings is 1. The largest absolute Gasteiger partial charge is 0.504 e. The Balaban J connectivity index is 2.26. The molecular formula is C25H38N3O4P. The quantitative estimate of drug-likeness (QED) is 0.394. The van der Waals surface area contributed by atoms with E-state index >= 15 is 0 Å². The Morgan fingerprint density at radius 2 is 1.97 bits per heavy atom. The van der Waals surface area contributed by atoms with Gasteiger partial charge in [0.15, 0.2) is 11.5 Å². The SMILES string of the molecule is CCNP(=O)(OCC)C1(c2cc(C)c(O)c(OC)c2)CCCCC1Nc1ccc(C)nc1C. The summed E-state index contributed by atoms with van der Waals surface area (Å²) in [5, 5.41) is 16.6. The van der Waals surface area contributed by atoms with E-state index in [0.717, 1.165) is 41.9 Å². The topological polar surface area (TPSA) is 92.7 Å². The van der Waals surface area contributed by atoms with Crippen LogP contribution in [0.1, 0.15) is 62.0 Å². The molecule has 1 saturated carbocycles. The van der Waals surface area contributed by atoms with Crippen LogP contribution in [0, 0.1) is 20.8 Å². The Labute approximate surface area is 197 Å². The molecule has 1 heterocycles. The number of pyridine rings is 1. The highest BCUT2D eigenvalue weighted by atomic mass is 31.2. The van der Waals surface area contributed by atoms with Crippen LogP contribution in [0.2, 0.25) is 0 Å². The molecule has 0 amide bonds. The Bertz CT molecular complexity index is 1020. The molecule has 0 radical (unpaired) electrons. The van der Waals surface area contributed by atoms with Gasteiger partial charge in [0.1, 0.15) is 5.16 Å². The average Bonchev–Trinajstić information content (AvgIpc) is 2.78. The van der Waals surface area contributed by atoms with Crippen molar-refractivity contribution in [1.29, 1.82) is 0 Å². The van der Waals surface area contributed by atoms with E-state index in [0.29, 0.717) is 30.9 Å². The van der Waals surface area contributed by atoms with E-state index in [9.17, 15) is 9.67 Å². The van der Waals surface area contributed by atoms with Gasteiger partial charge in [-0.25, -0.2) is 5.09 Å². The summed E-state index contributed by atoms with van der Waals surface area (Å²) < 4.78 is 26.3. The fourth-order valence-corrected chi connectivity index (χ4v) is 8.00. The third-order valence-corrected chi connectivity index (χ3v) is 9.82. The molecule has 0 spiro atoms. The number of methoxy groups -OCH3 is 1. The predicted octanol–water partition coefficient (Wildman–Crippen LogP) is 5.81. The number of aryl methyl sites for hydroxylation is 3. The fraction of sp³-hybridized carbons (Fsp3) is 0.560. The summed E-state index contributed by atoms with van der Waals surface area (Å²) in [5.74, 6) is 0.478. The van der Waals surface area contributed by atoms with Gasteiger partial charge in [0.2, 0.25) is 0 Å². The molecule has 0 saturated heterocycles. The first-order valence-corrected chi connectivity index (χ1v) is 13.4. The molecule has 3 unspecified atom stereocenters. The van der Waals surface area contributed by atoms with Crippen molar-refractivity contribution >= 4 is 13.2 Å². The molecule has 3 atom stereocenters. The minimum atomic E-state index is -3.40. The number of ether oxygens (including phenoxy) is 1. The average molecular weight is 476 g/mol. The first kappa shape index (κ1) is 25.5. The number of nitrogens with zero attached hydrogens (tertiary/aromatic N) is 1. The monoisotopic (exact) mass is 475 g/mol. The Hall–Kier alpha value is -2.08. The summed E-state index contributed by atoms with van der Waals surface area (Å²) in [6, 6.07) is 7.62. The van der Waals surface area contributed by atoms with Crippen molar-refractivity contribution in [1.82, 2.24) is 10.1 Å². The van der Waals surface area contributed by atoms with Crippen molar-refractivity contribution in [2.75, 3.05) is 25.6 Å². The van der Waals surface area contributed by atoms with Crippen LogP contribution in [-0.2, 0) is 14.2 Å². The van der Waals surface area contributed by atoms with Crippen molar-refractivity contribution in [3.8, 4) is 11.5 Å². The highest BCUT2D eigenvalue weighted by Gasteiger charge is 2.57. The minimum Gasteiger partial charge on any atom is -0.504 e. The van der Waals surface area contributed by atoms with E-state index in [-0.39, 0.29) is 11.8 Å². The van der Waals surface area contributed by atoms with Crippen molar-refractivity contribution in [2.45, 2.75) is 71.5 Å². The third-order valence-electron chi connectivity index (χ3n) is 6.62. The van der Waals surface area contributed by atoms with Crippen LogP contribution in [0.3, 0.4) is 0 Å². The zero-order chi connectivity index (χ0) is 24.2. The van der Waals surface area contributed by atoms with Gasteiger partial charge >= 0.3 is 0 Å². The van der Waals surface area contributed by atoms with Crippen molar-refractivity contribution < 1.29 is 18.9 Å². The van der Waals surface area contributed by atoms with Crippen LogP contribution in [0.25, 0.3) is 0 Å². The number of aromatic hydroxyl groups is 1. The standard InChI is InChI=1S/C25H38N3O4P/c1-7-26-33(30,32-8-2)25(20-15-17(3)24(29)22(16-20)31-6)14-10-9-11-23(25)28-21-13-12-18(4)27-19(21)5/h12-13,15-16,23,28-29H,7-11,14H2,1-6H3,(H,26,30). The number of aromatic nitrogens is 1. The molecule has 1 aromatic carbocycles. The zero-order valence-corrected chi connectivity index (χ0v) is 21.6. The van der Waals surface area contributed by atoms with Crippen molar-refractivity contribution in [2.24, 2.45) is 0 Å². The highest BCUT2D eigenvalue weighted by molar-refractivity contribution is 7.58. The highest BCUT2D eigenvalue weighted by Crippen LogP contribution is 2.67. The molecule has 3 N–H and O–H groups in total. The van der Waals surface area contributed by atoms with Gasteiger partial charge in [-0.15, -0.1) is 0 Å². The molecule has 1 fully saturated rings. The lowest BCUT2D eigenvalue weighted by atomic mass is 9.78. The van der Waals surface area contributed by atoms with Gasteiger partial charge < -0.3 is 19.7 Å². The molecule has 1 aliphatic carbocycles. The number of nitrogens with one attached hydrogen (secondary N) is 2. The maximum absolute atomic E-state index is 14.7. The molecule has 1 aromatic heterocycles. The van der Waals surface area contributed by atoms with Crippen LogP contribution in [0.15, 0.2) is 24.3 Å². The summed E-state index contributed by atoms with van der Waals surface area (Å²) in [4.78, 5) is 4.62. The summed E-state index contributed by atoms with van der Waals surface area (Å²) in [5.41, 5.74) is 4.32. The van der Waals surface area contributed by atoms with Gasteiger partial charge in [-0.05, 0) is 69.9 Å². The maximum atomic E-state index is 14.7. The molecule has 3 rings (SSSR count). The second kappa shape index (κ2) is 10.5. The minimum absolute atomic E-state index is 0.102. The van der Waals surface area contributed by atoms with Crippen LogP contribution >= 0.6 is 7.52 Å². The molecule has 8 heteroatoms. The predicted molar refractivity (Wildman–Crippen MR) is 134 cm³/mol. The summed E-state index contributed by atoms with van der Waals surface area (Å²) >= 11 is 0. The second-order valence-electron chi connectivity index (χ2n) is 8.78. The van der Waals surface area contributed by atoms with E-state index in [1.54, 1.807) is 0 Å². The Morgan fingerprint density at radius 1 is 1.21 bits per heavy atom. The van der Waals surface area contributed by atoms with Gasteiger partial charge in [-0.3, -0.25) is 9.55 Å². The first-order chi connectivity index (χ1) is 15.7. The second-order valence-corrected chi connectivity index (χ2v) is 11.3. The van der Waals surface area contributed by atoms with E-state index in [1.807, 2.05) is 58.9 Å². The van der Waals surface area contributed by atoms with Gasteiger partial charge in [-0.2, -0.15) is 0 Å². The smallest absolute Gasteiger partial charge is 0.282 e. The molecule has 182 valence electrons. The summed E-state index contributed by atoms with van der Waals surface area (Å²) in [7, 11) is -1.86. The van der Waals surface area contributed by atoms with Crippen molar-refractivity contribution in [3.05, 3.63) is 46.8 Å². The van der Waals surface area contributed by atoms with E-state index in [2.05, 4.69) is 15.4 Å². The number of hydrogen-bond donors (Lipinski definition) is 3. The lowest BCUT2D eigenvalue weighted by molar-refractivity contribution is 0.258. The van der Waals surface area contributed by atoms with Crippen LogP contribution in [-0.4, -0.2) is 36.4 Å². The fourth-order valence-electron chi connectivity index (χ4n) is 5.09. The van der Waals surface area contributed by atoms with Gasteiger partial charge in [0, 0.05) is 18.3 Å². The third kappa shape index (κ3) is 4.77. The van der Waals surface area contributed by atoms with Gasteiger partial charge in [0.05, 0.1) is 25.1 Å². The normalized spacial score (nSPS) is 22.5. The van der Waals surface area contributed by atoms with E-state index in [4.69, 9.17) is 9.26 Å². The number of hydrogen-bond acceptors (Lipinski definition) is 6. The summed E-state index contributed by atoms with van der Waals surface area (Å²) in [6.45, 7) is 10.5. The number of phenolic OH excluding ortho intramolecular Hbond substituents is 1. The Morgan fingerprint density at radius 3 is 2.61 bits per heavy atom. The lowest BCUT2D eigenvalue weighted by Gasteiger charge is -2.49. The number of rotatable bonds is 9. The van der Waals surface area contributed by atoms with E-state index < -0.39 is 12.7 Å². The van der Waals surface area contributed by atoms with Gasteiger partial charge in [-0.1, -0.05) is 25.8 Å². The molecule has 7 nitrogen and oxygen atoms in total. The number of phenols is 1. The lowest BCUT2D eigenvalue weighted by Crippen LogP contribution is -2.49. The van der Waals surface area contributed by atoms with Gasteiger partial charge in [0.25, 0.3) is 7.52 Å². The molecular weight excluding hydrogens is 437 g/mol. The van der Waals surface area contributed by atoms with Crippen molar-refractivity contribution in [3.63, 3.8) is 0 Å². The number of anilines is 1. The van der Waals surface area contributed by atoms with Crippen LogP contribution in [0.5, 0.6) is 11.5 Å². The van der Waals surface area contributed by atoms with E-state index in [1.165, 1.54) is 7.11 Å². The van der Waals surface area contributed by atoms with Crippen LogP contribution < -0.4 is 15.1 Å². The van der Waals surface area contributed by atoms with Crippen LogP contribution in [0.4, 0.5) is 5.69 Å². The molecule has 33 heavy (non-hydrogen) atoms. The molecule has 2 aromatic rings. The Kier molecular flexibility index (Phi) is 8.09. The molecule has 1 aliphatic rings.